The number of nitrogens with zero attached hydrogens (tertiary/aromatic N) is 3. The number of rotatable bonds is 4. The van der Waals surface area contributed by atoms with Crippen LogP contribution in [0.4, 0.5) is 10.5 Å². The number of carbonyl (C=O) groups is 1. The van der Waals surface area contributed by atoms with Gasteiger partial charge in [-0.05, 0) is 26.0 Å². The topological polar surface area (TPSA) is 70.4 Å². The first-order valence-electron chi connectivity index (χ1n) is 6.80. The van der Waals surface area contributed by atoms with Gasteiger partial charge in [0.15, 0.2) is 0 Å². The Labute approximate surface area is 134 Å². The number of para-hydroxylation sites is 1. The van der Waals surface area contributed by atoms with Crippen LogP contribution in [0.25, 0.3) is 5.69 Å². The number of anilines is 1. The van der Waals surface area contributed by atoms with Crippen LogP contribution in [0.2, 0.25) is 5.02 Å². The zero-order valence-electron chi connectivity index (χ0n) is 12.7. The summed E-state index contributed by atoms with van der Waals surface area (Å²) in [4.78, 5) is 13.5. The van der Waals surface area contributed by atoms with Crippen molar-refractivity contribution in [1.29, 1.82) is 0 Å². The smallest absolute Gasteiger partial charge is 0.321 e. The molecule has 2 aromatic rings. The number of aromatic nitrogens is 2. The fraction of sp³-hybridized carbons (Fsp3) is 0.333. The Bertz CT molecular complexity index is 664. The molecule has 0 aliphatic heterocycles. The van der Waals surface area contributed by atoms with Crippen molar-refractivity contribution in [2.75, 3.05) is 18.9 Å². The van der Waals surface area contributed by atoms with Crippen LogP contribution in [0.5, 0.6) is 0 Å². The first kappa shape index (κ1) is 16.3. The van der Waals surface area contributed by atoms with Crippen molar-refractivity contribution >= 4 is 23.3 Å². The summed E-state index contributed by atoms with van der Waals surface area (Å²) in [7, 11) is 1.62. The molecule has 7 heteroatoms. The minimum Gasteiger partial charge on any atom is -0.389 e. The van der Waals surface area contributed by atoms with Crippen molar-refractivity contribution in [2.24, 2.45) is 0 Å². The number of aliphatic hydroxyl groups is 1. The Morgan fingerprint density at radius 2 is 2.14 bits per heavy atom. The summed E-state index contributed by atoms with van der Waals surface area (Å²) in [6.07, 6.45) is 3.22. The number of hydrogen-bond acceptors (Lipinski definition) is 3. The quantitative estimate of drug-likeness (QED) is 0.909. The van der Waals surface area contributed by atoms with E-state index in [0.717, 1.165) is 5.69 Å². The predicted octanol–water partition coefficient (Wildman–Crippen LogP) is 2.76. The van der Waals surface area contributed by atoms with Crippen molar-refractivity contribution in [3.63, 3.8) is 0 Å². The SMILES string of the molecule is CN(CC(C)(C)O)C(=O)Nc1cnn(-c2ccccc2Cl)c1. The van der Waals surface area contributed by atoms with Gasteiger partial charge >= 0.3 is 6.03 Å². The third kappa shape index (κ3) is 4.22. The summed E-state index contributed by atoms with van der Waals surface area (Å²) in [5.41, 5.74) is 0.329. The van der Waals surface area contributed by atoms with Gasteiger partial charge in [0.2, 0.25) is 0 Å². The second-order valence-corrected chi connectivity index (χ2v) is 6.13. The third-order valence-electron chi connectivity index (χ3n) is 2.90. The molecule has 0 atom stereocenters. The number of urea groups is 1. The van der Waals surface area contributed by atoms with Gasteiger partial charge in [-0.1, -0.05) is 23.7 Å². The molecule has 0 spiro atoms. The highest BCUT2D eigenvalue weighted by Crippen LogP contribution is 2.20. The van der Waals surface area contributed by atoms with Gasteiger partial charge in [0.25, 0.3) is 0 Å². The lowest BCUT2D eigenvalue weighted by Crippen LogP contribution is -2.41. The number of carbonyl (C=O) groups excluding carboxylic acids is 1. The summed E-state index contributed by atoms with van der Waals surface area (Å²) >= 11 is 6.11. The normalized spacial score (nSPS) is 11.3. The number of likely N-dealkylation sites (N-methyl/N-ethyl adjacent to an activating group) is 1. The maximum atomic E-state index is 12.0. The molecule has 2 N–H and O–H groups in total. The summed E-state index contributed by atoms with van der Waals surface area (Å²) < 4.78 is 1.59. The van der Waals surface area contributed by atoms with Crippen LogP contribution in [0.15, 0.2) is 36.7 Å². The van der Waals surface area contributed by atoms with E-state index in [1.165, 1.54) is 4.90 Å². The first-order valence-corrected chi connectivity index (χ1v) is 7.18. The van der Waals surface area contributed by atoms with Crippen molar-refractivity contribution in [1.82, 2.24) is 14.7 Å². The molecule has 0 unspecified atom stereocenters. The minimum absolute atomic E-state index is 0.220. The Balaban J connectivity index is 2.07. The van der Waals surface area contributed by atoms with E-state index in [1.807, 2.05) is 18.2 Å². The second-order valence-electron chi connectivity index (χ2n) is 5.72. The molecular formula is C15H19ClN4O2. The molecule has 2 amide bonds. The second kappa shape index (κ2) is 6.37. The first-order chi connectivity index (χ1) is 10.3. The van der Waals surface area contributed by atoms with E-state index in [1.54, 1.807) is 44.0 Å². The third-order valence-corrected chi connectivity index (χ3v) is 3.22. The van der Waals surface area contributed by atoms with Gasteiger partial charge in [-0.25, -0.2) is 9.48 Å². The molecule has 1 aromatic carbocycles. The molecule has 0 bridgehead atoms. The van der Waals surface area contributed by atoms with Crippen LogP contribution in [0.1, 0.15) is 13.8 Å². The number of halogens is 1. The van der Waals surface area contributed by atoms with Gasteiger partial charge in [-0.3, -0.25) is 0 Å². The zero-order valence-corrected chi connectivity index (χ0v) is 13.5. The van der Waals surface area contributed by atoms with E-state index in [2.05, 4.69) is 10.4 Å². The standard InChI is InChI=1S/C15H19ClN4O2/c1-15(2,22)10-19(3)14(21)18-11-8-17-20(9-11)13-7-5-4-6-12(13)16/h4-9,22H,10H2,1-3H3,(H,18,21). The Kier molecular flexibility index (Phi) is 4.73. The molecule has 0 fully saturated rings. The van der Waals surface area contributed by atoms with E-state index < -0.39 is 5.60 Å². The molecule has 0 saturated carbocycles. The van der Waals surface area contributed by atoms with Gasteiger partial charge < -0.3 is 15.3 Å². The molecule has 0 radical (unpaired) electrons. The molecule has 1 heterocycles. The number of hydrogen-bond donors (Lipinski definition) is 2. The highest BCUT2D eigenvalue weighted by molar-refractivity contribution is 6.32. The maximum absolute atomic E-state index is 12.0. The summed E-state index contributed by atoms with van der Waals surface area (Å²) in [6, 6.07) is 6.98. The fourth-order valence-corrected chi connectivity index (χ4v) is 2.25. The lowest BCUT2D eigenvalue weighted by molar-refractivity contribution is 0.0550. The number of nitrogens with one attached hydrogen (secondary N) is 1. The van der Waals surface area contributed by atoms with Gasteiger partial charge in [0.1, 0.15) is 0 Å². The summed E-state index contributed by atoms with van der Waals surface area (Å²) in [6.45, 7) is 3.51. The lowest BCUT2D eigenvalue weighted by atomic mass is 10.1. The Morgan fingerprint density at radius 1 is 1.45 bits per heavy atom. The Hall–Kier alpha value is -2.05. The predicted molar refractivity (Wildman–Crippen MR) is 86.5 cm³/mol. The molecule has 22 heavy (non-hydrogen) atoms. The molecular weight excluding hydrogens is 304 g/mol. The molecule has 0 saturated heterocycles. The van der Waals surface area contributed by atoms with Crippen LogP contribution in [0.3, 0.4) is 0 Å². The zero-order chi connectivity index (χ0) is 16.3. The molecule has 6 nitrogen and oxygen atoms in total. The number of benzene rings is 1. The monoisotopic (exact) mass is 322 g/mol. The summed E-state index contributed by atoms with van der Waals surface area (Å²) in [5.74, 6) is 0. The molecule has 0 aliphatic rings. The van der Waals surface area contributed by atoms with Gasteiger partial charge in [0, 0.05) is 7.05 Å². The minimum atomic E-state index is -0.951. The fourth-order valence-electron chi connectivity index (χ4n) is 2.03. The van der Waals surface area contributed by atoms with E-state index >= 15 is 0 Å². The lowest BCUT2D eigenvalue weighted by Gasteiger charge is -2.25. The van der Waals surface area contributed by atoms with Crippen molar-refractivity contribution in [3.8, 4) is 5.69 Å². The van der Waals surface area contributed by atoms with Crippen LogP contribution >= 0.6 is 11.6 Å². The van der Waals surface area contributed by atoms with Crippen LogP contribution in [-0.2, 0) is 0 Å². The van der Waals surface area contributed by atoms with Crippen molar-refractivity contribution in [3.05, 3.63) is 41.7 Å². The number of amides is 2. The molecule has 2 rings (SSSR count). The van der Waals surface area contributed by atoms with E-state index in [-0.39, 0.29) is 12.6 Å². The van der Waals surface area contributed by atoms with Crippen molar-refractivity contribution in [2.45, 2.75) is 19.4 Å². The van der Waals surface area contributed by atoms with Gasteiger partial charge in [-0.15, -0.1) is 0 Å². The summed E-state index contributed by atoms with van der Waals surface area (Å²) in [5, 5.41) is 17.2. The average molecular weight is 323 g/mol. The largest absolute Gasteiger partial charge is 0.389 e. The van der Waals surface area contributed by atoms with Gasteiger partial charge in [0.05, 0.1) is 40.9 Å². The maximum Gasteiger partial charge on any atom is 0.321 e. The molecule has 1 aromatic heterocycles. The average Bonchev–Trinajstić information content (AvgIpc) is 2.85. The van der Waals surface area contributed by atoms with E-state index in [0.29, 0.717) is 10.7 Å². The van der Waals surface area contributed by atoms with Gasteiger partial charge in [-0.2, -0.15) is 5.10 Å². The van der Waals surface area contributed by atoms with E-state index in [9.17, 15) is 9.90 Å². The van der Waals surface area contributed by atoms with Crippen molar-refractivity contribution < 1.29 is 9.90 Å². The Morgan fingerprint density at radius 3 is 2.77 bits per heavy atom. The highest BCUT2D eigenvalue weighted by atomic mass is 35.5. The van der Waals surface area contributed by atoms with Crippen LogP contribution in [-0.4, -0.2) is 45.0 Å². The highest BCUT2D eigenvalue weighted by Gasteiger charge is 2.19. The molecule has 118 valence electrons. The van der Waals surface area contributed by atoms with Crippen LogP contribution in [0, 0.1) is 0 Å². The van der Waals surface area contributed by atoms with E-state index in [4.69, 9.17) is 11.6 Å². The molecule has 0 aliphatic carbocycles. The van der Waals surface area contributed by atoms with Crippen LogP contribution < -0.4 is 5.32 Å².